The lowest BCUT2D eigenvalue weighted by molar-refractivity contribution is -0.138. The lowest BCUT2D eigenvalue weighted by Crippen LogP contribution is -2.44. The molecule has 1 saturated heterocycles. The second-order valence-electron chi connectivity index (χ2n) is 8.17. The van der Waals surface area contributed by atoms with E-state index in [0.717, 1.165) is 32.0 Å². The van der Waals surface area contributed by atoms with Crippen molar-refractivity contribution in [2.45, 2.75) is 58.9 Å². The molecule has 2 N–H and O–H groups in total. The Kier molecular flexibility index (Phi) is 7.97. The minimum absolute atomic E-state index is 0.0341. The zero-order valence-electron chi connectivity index (χ0n) is 18.0. The van der Waals surface area contributed by atoms with E-state index in [1.807, 2.05) is 6.92 Å². The third kappa shape index (κ3) is 7.42. The van der Waals surface area contributed by atoms with E-state index >= 15 is 0 Å². The van der Waals surface area contributed by atoms with Crippen molar-refractivity contribution in [2.24, 2.45) is 4.99 Å². The highest BCUT2D eigenvalue weighted by Crippen LogP contribution is 2.35. The van der Waals surface area contributed by atoms with E-state index in [2.05, 4.69) is 15.6 Å². The number of nitrogens with one attached hydrogen (secondary N) is 2. The van der Waals surface area contributed by atoms with Gasteiger partial charge >= 0.3 is 6.18 Å². The molecule has 9 heteroatoms. The quantitative estimate of drug-likeness (QED) is 0.537. The molecule has 6 nitrogen and oxygen atoms in total. The van der Waals surface area contributed by atoms with Gasteiger partial charge in [0.2, 0.25) is 5.91 Å². The van der Waals surface area contributed by atoms with Crippen LogP contribution in [0.3, 0.4) is 0 Å². The normalized spacial score (nSPS) is 15.3. The highest BCUT2D eigenvalue weighted by Gasteiger charge is 2.34. The molecule has 1 aliphatic rings. The van der Waals surface area contributed by atoms with E-state index in [4.69, 9.17) is 4.74 Å². The van der Waals surface area contributed by atoms with Gasteiger partial charge in [-0.05, 0) is 58.2 Å². The summed E-state index contributed by atoms with van der Waals surface area (Å²) < 4.78 is 46.3. The summed E-state index contributed by atoms with van der Waals surface area (Å²) in [5, 5.41) is 5.87. The number of carbonyl (C=O) groups is 1. The molecule has 1 amide bonds. The van der Waals surface area contributed by atoms with Crippen molar-refractivity contribution in [3.8, 4) is 5.75 Å². The highest BCUT2D eigenvalue weighted by molar-refractivity contribution is 5.86. The zero-order chi connectivity index (χ0) is 22.4. The molecule has 0 bridgehead atoms. The van der Waals surface area contributed by atoms with Gasteiger partial charge in [0.15, 0.2) is 5.96 Å². The molecule has 168 valence electrons. The van der Waals surface area contributed by atoms with Crippen molar-refractivity contribution in [2.75, 3.05) is 26.2 Å². The van der Waals surface area contributed by atoms with Crippen LogP contribution in [0.4, 0.5) is 13.2 Å². The van der Waals surface area contributed by atoms with Crippen LogP contribution in [0.5, 0.6) is 5.75 Å². The molecule has 0 spiro atoms. The largest absolute Gasteiger partial charge is 0.488 e. The van der Waals surface area contributed by atoms with Crippen molar-refractivity contribution in [1.29, 1.82) is 0 Å². The summed E-state index contributed by atoms with van der Waals surface area (Å²) in [7, 11) is 0. The van der Waals surface area contributed by atoms with Crippen LogP contribution in [0.25, 0.3) is 0 Å². The molecule has 2 rings (SSSR count). The van der Waals surface area contributed by atoms with Crippen LogP contribution in [-0.2, 0) is 17.5 Å². The summed E-state index contributed by atoms with van der Waals surface area (Å²) in [4.78, 5) is 18.2. The second-order valence-corrected chi connectivity index (χ2v) is 8.17. The first-order valence-electron chi connectivity index (χ1n) is 10.2. The standard InChI is InChI=1S/C21H31F3N4O2/c1-5-25-19(27-14-18(29)28-10-6-7-11-28)26-13-15-8-9-16(30-20(2,3)4)12-17(15)21(22,23)24/h8-9,12H,5-7,10-11,13-14H2,1-4H3,(H2,25,26,27). The van der Waals surface area contributed by atoms with Crippen LogP contribution in [0.15, 0.2) is 23.2 Å². The lowest BCUT2D eigenvalue weighted by Gasteiger charge is -2.22. The Labute approximate surface area is 175 Å². The number of rotatable bonds is 6. The number of hydrogen-bond acceptors (Lipinski definition) is 3. The maximum Gasteiger partial charge on any atom is 0.416 e. The molecule has 1 fully saturated rings. The molecule has 0 atom stereocenters. The highest BCUT2D eigenvalue weighted by atomic mass is 19.4. The van der Waals surface area contributed by atoms with Crippen molar-refractivity contribution in [3.63, 3.8) is 0 Å². The molecule has 0 aromatic heterocycles. The molecule has 1 heterocycles. The molecular weight excluding hydrogens is 397 g/mol. The van der Waals surface area contributed by atoms with Crippen molar-refractivity contribution in [1.82, 2.24) is 15.5 Å². The average molecular weight is 428 g/mol. The Morgan fingerprint density at radius 2 is 1.83 bits per heavy atom. The summed E-state index contributed by atoms with van der Waals surface area (Å²) in [5.74, 6) is 0.412. The lowest BCUT2D eigenvalue weighted by atomic mass is 10.1. The summed E-state index contributed by atoms with van der Waals surface area (Å²) in [6, 6.07) is 3.91. The van der Waals surface area contributed by atoms with E-state index in [1.54, 1.807) is 25.7 Å². The Morgan fingerprint density at radius 3 is 2.40 bits per heavy atom. The van der Waals surface area contributed by atoms with Gasteiger partial charge in [-0.25, -0.2) is 4.99 Å². The van der Waals surface area contributed by atoms with E-state index in [-0.39, 0.29) is 30.3 Å². The fourth-order valence-electron chi connectivity index (χ4n) is 3.12. The fourth-order valence-corrected chi connectivity index (χ4v) is 3.12. The molecule has 30 heavy (non-hydrogen) atoms. The Hall–Kier alpha value is -2.45. The second kappa shape index (κ2) is 10.0. The van der Waals surface area contributed by atoms with Gasteiger partial charge in [0.05, 0.1) is 18.7 Å². The van der Waals surface area contributed by atoms with Crippen molar-refractivity contribution >= 4 is 11.9 Å². The fraction of sp³-hybridized carbons (Fsp3) is 0.619. The van der Waals surface area contributed by atoms with E-state index in [0.29, 0.717) is 12.5 Å². The third-order valence-corrected chi connectivity index (χ3v) is 4.43. The van der Waals surface area contributed by atoms with E-state index in [1.165, 1.54) is 12.1 Å². The number of carbonyl (C=O) groups excluding carboxylic acids is 1. The van der Waals surface area contributed by atoms with Gasteiger partial charge in [-0.3, -0.25) is 4.79 Å². The molecule has 0 aliphatic carbocycles. The smallest absolute Gasteiger partial charge is 0.416 e. The first-order valence-corrected chi connectivity index (χ1v) is 10.2. The van der Waals surface area contributed by atoms with Crippen LogP contribution in [0.2, 0.25) is 0 Å². The SMILES string of the molecule is CCNC(=NCc1ccc(OC(C)(C)C)cc1C(F)(F)F)NCC(=O)N1CCCC1. The Balaban J connectivity index is 2.13. The molecule has 0 unspecified atom stereocenters. The third-order valence-electron chi connectivity index (χ3n) is 4.43. The Bertz CT molecular complexity index is 752. The van der Waals surface area contributed by atoms with Crippen LogP contribution in [0, 0.1) is 0 Å². The van der Waals surface area contributed by atoms with E-state index < -0.39 is 17.3 Å². The van der Waals surface area contributed by atoms with E-state index in [9.17, 15) is 18.0 Å². The first-order chi connectivity index (χ1) is 14.0. The van der Waals surface area contributed by atoms with Gasteiger partial charge in [-0.15, -0.1) is 0 Å². The van der Waals surface area contributed by atoms with Crippen molar-refractivity contribution in [3.05, 3.63) is 29.3 Å². The van der Waals surface area contributed by atoms with Gasteiger partial charge in [-0.1, -0.05) is 6.07 Å². The number of guanidine groups is 1. The minimum atomic E-state index is -4.53. The van der Waals surface area contributed by atoms with Gasteiger partial charge in [0.1, 0.15) is 11.4 Å². The molecule has 0 radical (unpaired) electrons. The summed E-state index contributed by atoms with van der Waals surface area (Å²) in [6.45, 7) is 9.04. The molecule has 1 aromatic rings. The number of amides is 1. The van der Waals surface area contributed by atoms with Crippen LogP contribution < -0.4 is 15.4 Å². The number of benzene rings is 1. The van der Waals surface area contributed by atoms with Crippen molar-refractivity contribution < 1.29 is 22.7 Å². The van der Waals surface area contributed by atoms with Crippen LogP contribution in [0.1, 0.15) is 51.7 Å². The average Bonchev–Trinajstić information content (AvgIpc) is 3.17. The monoisotopic (exact) mass is 428 g/mol. The summed E-state index contributed by atoms with van der Waals surface area (Å²) in [6.07, 6.45) is -2.54. The van der Waals surface area contributed by atoms with Crippen LogP contribution in [-0.4, -0.2) is 48.5 Å². The van der Waals surface area contributed by atoms with Gasteiger partial charge in [0.25, 0.3) is 0 Å². The number of nitrogens with zero attached hydrogens (tertiary/aromatic N) is 2. The van der Waals surface area contributed by atoms with Crippen LogP contribution >= 0.6 is 0 Å². The number of halogens is 3. The van der Waals surface area contributed by atoms with Gasteiger partial charge in [0, 0.05) is 19.6 Å². The number of likely N-dealkylation sites (tertiary alicyclic amines) is 1. The zero-order valence-corrected chi connectivity index (χ0v) is 18.0. The molecule has 1 aromatic carbocycles. The Morgan fingerprint density at radius 1 is 1.17 bits per heavy atom. The minimum Gasteiger partial charge on any atom is -0.488 e. The summed E-state index contributed by atoms with van der Waals surface area (Å²) >= 11 is 0. The topological polar surface area (TPSA) is 66.0 Å². The van der Waals surface area contributed by atoms with Gasteiger partial charge in [-0.2, -0.15) is 13.2 Å². The summed E-state index contributed by atoms with van der Waals surface area (Å²) in [5.41, 5.74) is -1.35. The number of ether oxygens (including phenoxy) is 1. The maximum atomic E-state index is 13.6. The predicted molar refractivity (Wildman–Crippen MR) is 110 cm³/mol. The van der Waals surface area contributed by atoms with Gasteiger partial charge < -0.3 is 20.3 Å². The number of alkyl halides is 3. The predicted octanol–water partition coefficient (Wildman–Crippen LogP) is 3.56. The first kappa shape index (κ1) is 23.8. The maximum absolute atomic E-state index is 13.6. The molecule has 0 saturated carbocycles. The molecule has 1 aliphatic heterocycles. The number of hydrogen-bond donors (Lipinski definition) is 2. The number of aliphatic imine (C=N–C) groups is 1. The molecular formula is C21H31F3N4O2.